The van der Waals surface area contributed by atoms with E-state index in [-0.39, 0.29) is 0 Å². The Morgan fingerprint density at radius 2 is 1.89 bits per heavy atom. The second-order valence-electron chi connectivity index (χ2n) is 5.71. The Bertz CT molecular complexity index is 356. The van der Waals surface area contributed by atoms with Crippen LogP contribution in [0.25, 0.3) is 0 Å². The van der Waals surface area contributed by atoms with Crippen molar-refractivity contribution in [2.45, 2.75) is 56.3 Å². The van der Waals surface area contributed by atoms with E-state index in [4.69, 9.17) is 5.73 Å². The summed E-state index contributed by atoms with van der Waals surface area (Å²) in [6.45, 7) is 0.791. The molecule has 0 bridgehead atoms. The number of benzene rings is 1. The minimum absolute atomic E-state index is 0.791. The first kappa shape index (κ1) is 14.9. The van der Waals surface area contributed by atoms with Crippen molar-refractivity contribution in [2.24, 2.45) is 11.7 Å². The van der Waals surface area contributed by atoms with Crippen molar-refractivity contribution in [1.82, 2.24) is 0 Å². The quantitative estimate of drug-likeness (QED) is 0.605. The van der Waals surface area contributed by atoms with E-state index in [0.717, 1.165) is 25.3 Å². The fourth-order valence-corrected chi connectivity index (χ4v) is 4.01. The van der Waals surface area contributed by atoms with Gasteiger partial charge in [0.2, 0.25) is 0 Å². The van der Waals surface area contributed by atoms with Crippen LogP contribution in [0.3, 0.4) is 0 Å². The molecule has 2 N–H and O–H groups in total. The fourth-order valence-electron chi connectivity index (χ4n) is 2.84. The van der Waals surface area contributed by atoms with Crippen LogP contribution in [0.5, 0.6) is 0 Å². The van der Waals surface area contributed by atoms with E-state index in [9.17, 15) is 0 Å². The van der Waals surface area contributed by atoms with Crippen LogP contribution in [-0.2, 0) is 6.42 Å². The van der Waals surface area contributed by atoms with E-state index in [1.165, 1.54) is 54.7 Å². The van der Waals surface area contributed by atoms with Gasteiger partial charge in [0.25, 0.3) is 0 Å². The van der Waals surface area contributed by atoms with Crippen LogP contribution < -0.4 is 5.73 Å². The first-order valence-electron chi connectivity index (χ1n) is 7.80. The van der Waals surface area contributed by atoms with E-state index >= 15 is 0 Å². The molecule has 19 heavy (non-hydrogen) atoms. The molecular formula is C17H27NS. The fraction of sp³-hybridized carbons (Fsp3) is 0.647. The van der Waals surface area contributed by atoms with Gasteiger partial charge in [0, 0.05) is 10.6 Å². The molecule has 0 saturated heterocycles. The molecule has 0 unspecified atom stereocenters. The second kappa shape index (κ2) is 8.65. The monoisotopic (exact) mass is 277 g/mol. The van der Waals surface area contributed by atoms with Gasteiger partial charge in [-0.3, -0.25) is 0 Å². The van der Waals surface area contributed by atoms with Gasteiger partial charge < -0.3 is 5.73 Å². The van der Waals surface area contributed by atoms with Gasteiger partial charge in [-0.25, -0.2) is 0 Å². The molecule has 0 aromatic heterocycles. The highest BCUT2D eigenvalue weighted by molar-refractivity contribution is 7.99. The van der Waals surface area contributed by atoms with Crippen LogP contribution in [0, 0.1) is 5.92 Å². The number of nitrogens with two attached hydrogens (primary N) is 1. The highest BCUT2D eigenvalue weighted by Gasteiger charge is 2.12. The van der Waals surface area contributed by atoms with Crippen LogP contribution in [-0.4, -0.2) is 12.3 Å². The third-order valence-corrected chi connectivity index (χ3v) is 5.25. The summed E-state index contributed by atoms with van der Waals surface area (Å²) in [5.74, 6) is 2.25. The van der Waals surface area contributed by atoms with Crippen LogP contribution in [0.15, 0.2) is 29.2 Å². The zero-order chi connectivity index (χ0) is 13.3. The molecule has 1 saturated carbocycles. The predicted octanol–water partition coefficient (Wildman–Crippen LogP) is 4.64. The highest BCUT2D eigenvalue weighted by atomic mass is 32.2. The maximum Gasteiger partial charge on any atom is 0.00747 e. The lowest BCUT2D eigenvalue weighted by molar-refractivity contribution is 0.513. The summed E-state index contributed by atoms with van der Waals surface area (Å²) < 4.78 is 0. The van der Waals surface area contributed by atoms with Gasteiger partial charge in [-0.1, -0.05) is 37.8 Å². The second-order valence-corrected chi connectivity index (χ2v) is 6.80. The molecule has 1 aliphatic carbocycles. The number of aryl methyl sites for hydroxylation is 1. The van der Waals surface area contributed by atoms with E-state index in [1.807, 2.05) is 0 Å². The smallest absolute Gasteiger partial charge is 0.00747 e. The van der Waals surface area contributed by atoms with E-state index < -0.39 is 0 Å². The molecular weight excluding hydrogens is 250 g/mol. The maximum absolute atomic E-state index is 5.58. The van der Waals surface area contributed by atoms with Gasteiger partial charge in [0.1, 0.15) is 0 Å². The van der Waals surface area contributed by atoms with Crippen molar-refractivity contribution in [1.29, 1.82) is 0 Å². The van der Waals surface area contributed by atoms with Crippen molar-refractivity contribution < 1.29 is 0 Å². The number of thioether (sulfide) groups is 1. The molecule has 0 radical (unpaired) electrons. The Morgan fingerprint density at radius 3 is 2.63 bits per heavy atom. The average molecular weight is 277 g/mol. The Labute approximate surface area is 122 Å². The summed E-state index contributed by atoms with van der Waals surface area (Å²) in [4.78, 5) is 1.44. The lowest BCUT2D eigenvalue weighted by Crippen LogP contribution is -2.02. The average Bonchev–Trinajstić information content (AvgIpc) is 2.72. The Kier molecular flexibility index (Phi) is 6.80. The van der Waals surface area contributed by atoms with Gasteiger partial charge in [0.15, 0.2) is 0 Å². The molecule has 0 aliphatic heterocycles. The Morgan fingerprint density at radius 1 is 1.11 bits per heavy atom. The molecule has 0 atom stereocenters. The molecule has 1 aromatic rings. The maximum atomic E-state index is 5.58. The van der Waals surface area contributed by atoms with Crippen molar-refractivity contribution >= 4 is 11.8 Å². The zero-order valence-electron chi connectivity index (χ0n) is 11.9. The summed E-state index contributed by atoms with van der Waals surface area (Å²) >= 11 is 2.05. The van der Waals surface area contributed by atoms with Crippen LogP contribution in [0.4, 0.5) is 0 Å². The van der Waals surface area contributed by atoms with Crippen molar-refractivity contribution in [3.63, 3.8) is 0 Å². The lowest BCUT2D eigenvalue weighted by Gasteiger charge is -2.13. The summed E-state index contributed by atoms with van der Waals surface area (Å²) in [6, 6.07) is 9.04. The molecule has 2 rings (SSSR count). The summed E-state index contributed by atoms with van der Waals surface area (Å²) in [6.07, 6.45) is 10.9. The standard InChI is InChI=1S/C17H27NS/c18-12-6-10-15-9-5-11-17(13-15)19-14-16-7-3-1-2-4-8-16/h5,9,11,13,16H,1-4,6-8,10,12,14,18H2. The molecule has 1 aliphatic rings. The molecule has 0 spiro atoms. The molecule has 2 heteroatoms. The Hall–Kier alpha value is -0.470. The minimum atomic E-state index is 0.791. The van der Waals surface area contributed by atoms with Crippen molar-refractivity contribution in [3.8, 4) is 0 Å². The Balaban J connectivity index is 1.81. The van der Waals surface area contributed by atoms with Crippen LogP contribution in [0.2, 0.25) is 0 Å². The normalized spacial score (nSPS) is 17.3. The van der Waals surface area contributed by atoms with Crippen molar-refractivity contribution in [2.75, 3.05) is 12.3 Å². The van der Waals surface area contributed by atoms with Crippen LogP contribution in [0.1, 0.15) is 50.5 Å². The van der Waals surface area contributed by atoms with Gasteiger partial charge in [-0.2, -0.15) is 0 Å². The third-order valence-electron chi connectivity index (χ3n) is 4.03. The van der Waals surface area contributed by atoms with Gasteiger partial charge in [-0.05, 0) is 55.8 Å². The van der Waals surface area contributed by atoms with E-state index in [2.05, 4.69) is 36.0 Å². The molecule has 0 heterocycles. The van der Waals surface area contributed by atoms with E-state index in [0.29, 0.717) is 0 Å². The summed E-state index contributed by atoms with van der Waals surface area (Å²) in [5.41, 5.74) is 7.02. The zero-order valence-corrected chi connectivity index (χ0v) is 12.8. The van der Waals surface area contributed by atoms with Gasteiger partial charge in [-0.15, -0.1) is 11.8 Å². The summed E-state index contributed by atoms with van der Waals surface area (Å²) in [7, 11) is 0. The predicted molar refractivity (Wildman–Crippen MR) is 85.7 cm³/mol. The highest BCUT2D eigenvalue weighted by Crippen LogP contribution is 2.29. The number of rotatable bonds is 6. The summed E-state index contributed by atoms with van der Waals surface area (Å²) in [5, 5.41) is 0. The number of hydrogen-bond donors (Lipinski definition) is 1. The molecule has 106 valence electrons. The third kappa shape index (κ3) is 5.58. The molecule has 1 fully saturated rings. The first-order valence-corrected chi connectivity index (χ1v) is 8.79. The van der Waals surface area contributed by atoms with Crippen molar-refractivity contribution in [3.05, 3.63) is 29.8 Å². The molecule has 1 aromatic carbocycles. The van der Waals surface area contributed by atoms with Gasteiger partial charge in [0.05, 0.1) is 0 Å². The van der Waals surface area contributed by atoms with Gasteiger partial charge >= 0.3 is 0 Å². The SMILES string of the molecule is NCCCc1cccc(SCC2CCCCCC2)c1. The van der Waals surface area contributed by atoms with Crippen LogP contribution >= 0.6 is 11.8 Å². The molecule has 1 nitrogen and oxygen atoms in total. The largest absolute Gasteiger partial charge is 0.330 e. The first-order chi connectivity index (χ1) is 9.38. The molecule has 0 amide bonds. The van der Waals surface area contributed by atoms with E-state index in [1.54, 1.807) is 0 Å². The number of hydrogen-bond acceptors (Lipinski definition) is 2. The lowest BCUT2D eigenvalue weighted by atomic mass is 10.0. The minimum Gasteiger partial charge on any atom is -0.330 e. The topological polar surface area (TPSA) is 26.0 Å².